The third-order valence-corrected chi connectivity index (χ3v) is 4.56. The number of aliphatic hydroxyl groups is 1. The molecule has 0 aromatic heterocycles. The monoisotopic (exact) mass is 441 g/mol. The number of aliphatic hydroxyl groups excluding tert-OH is 1. The molecule has 0 saturated heterocycles. The maximum absolute atomic E-state index is 12.3. The average Bonchev–Trinajstić information content (AvgIpc) is 2.80. The Balaban J connectivity index is 1.89. The van der Waals surface area contributed by atoms with Gasteiger partial charge in [-0.15, -0.1) is 0 Å². The minimum Gasteiger partial charge on any atom is -0.457 e. The Hall–Kier alpha value is -3.36. The quantitative estimate of drug-likeness (QED) is 0.225. The molecule has 8 heteroatoms. The molecule has 170 valence electrons. The summed E-state index contributed by atoms with van der Waals surface area (Å²) in [4.78, 5) is 47.2. The number of benzene rings is 2. The van der Waals surface area contributed by atoms with Crippen LogP contribution < -0.4 is 5.32 Å². The van der Waals surface area contributed by atoms with Crippen molar-refractivity contribution in [3.05, 3.63) is 59.7 Å². The van der Waals surface area contributed by atoms with Crippen LogP contribution in [0, 0.1) is 5.92 Å². The molecule has 0 saturated carbocycles. The number of hydrogen-bond donors (Lipinski definition) is 2. The van der Waals surface area contributed by atoms with Crippen LogP contribution >= 0.6 is 0 Å². The van der Waals surface area contributed by atoms with Gasteiger partial charge in [0.2, 0.25) is 5.91 Å². The number of carbonyl (C=O) groups is 4. The van der Waals surface area contributed by atoms with Crippen molar-refractivity contribution in [3.8, 4) is 11.1 Å². The predicted octanol–water partition coefficient (Wildman–Crippen LogP) is 2.39. The summed E-state index contributed by atoms with van der Waals surface area (Å²) in [5, 5.41) is 11.6. The van der Waals surface area contributed by atoms with Gasteiger partial charge in [-0.2, -0.15) is 0 Å². The normalized spacial score (nSPS) is 11.6. The third-order valence-electron chi connectivity index (χ3n) is 4.56. The molecule has 8 nitrogen and oxygen atoms in total. The summed E-state index contributed by atoms with van der Waals surface area (Å²) in [5.41, 5.74) is 2.70. The number of amides is 1. The number of esters is 1. The summed E-state index contributed by atoms with van der Waals surface area (Å²) < 4.78 is 9.89. The summed E-state index contributed by atoms with van der Waals surface area (Å²) in [6.07, 6.45) is -0.859. The average molecular weight is 441 g/mol. The van der Waals surface area contributed by atoms with Gasteiger partial charge in [0.05, 0.1) is 6.42 Å². The van der Waals surface area contributed by atoms with Gasteiger partial charge < -0.3 is 19.9 Å². The molecule has 2 aromatic carbocycles. The number of ether oxygens (including phenoxy) is 2. The SMILES string of the molecule is CC(C)CNC(=O)C(CC(=O)OCC(=O)c1ccc(-c2ccc(C=O)cc2)cc1)OCO. The van der Waals surface area contributed by atoms with E-state index in [1.54, 1.807) is 36.4 Å². The number of ketones is 1. The van der Waals surface area contributed by atoms with Gasteiger partial charge in [0.25, 0.3) is 0 Å². The molecule has 2 N–H and O–H groups in total. The largest absolute Gasteiger partial charge is 0.457 e. The van der Waals surface area contributed by atoms with E-state index in [9.17, 15) is 19.2 Å². The van der Waals surface area contributed by atoms with Crippen molar-refractivity contribution in [2.24, 2.45) is 5.92 Å². The Kier molecular flexibility index (Phi) is 9.72. The topological polar surface area (TPSA) is 119 Å². The van der Waals surface area contributed by atoms with Gasteiger partial charge in [0.1, 0.15) is 19.2 Å². The lowest BCUT2D eigenvalue weighted by molar-refractivity contribution is -0.154. The second kappa shape index (κ2) is 12.5. The molecule has 0 aliphatic rings. The van der Waals surface area contributed by atoms with Crippen molar-refractivity contribution in [2.45, 2.75) is 26.4 Å². The van der Waals surface area contributed by atoms with E-state index in [1.165, 1.54) is 0 Å². The van der Waals surface area contributed by atoms with Crippen LogP contribution in [0.2, 0.25) is 0 Å². The van der Waals surface area contributed by atoms with E-state index in [-0.39, 0.29) is 5.92 Å². The predicted molar refractivity (Wildman–Crippen MR) is 117 cm³/mol. The van der Waals surface area contributed by atoms with E-state index in [0.29, 0.717) is 17.7 Å². The van der Waals surface area contributed by atoms with E-state index in [0.717, 1.165) is 17.4 Å². The lowest BCUT2D eigenvalue weighted by Gasteiger charge is -2.16. The van der Waals surface area contributed by atoms with Crippen LogP contribution in [0.5, 0.6) is 0 Å². The highest BCUT2D eigenvalue weighted by molar-refractivity contribution is 5.98. The molecule has 0 fully saturated rings. The Labute approximate surface area is 186 Å². The molecule has 0 heterocycles. The first-order valence-electron chi connectivity index (χ1n) is 10.2. The van der Waals surface area contributed by atoms with Crippen molar-refractivity contribution in [1.82, 2.24) is 5.32 Å². The zero-order valence-corrected chi connectivity index (χ0v) is 18.1. The fourth-order valence-corrected chi connectivity index (χ4v) is 2.78. The third kappa shape index (κ3) is 7.72. The molecule has 0 bridgehead atoms. The minimum absolute atomic E-state index is 0.209. The molecular formula is C24H27NO7. The molecule has 2 aromatic rings. The van der Waals surface area contributed by atoms with Gasteiger partial charge in [-0.25, -0.2) is 0 Å². The molecule has 0 spiro atoms. The first-order valence-corrected chi connectivity index (χ1v) is 10.2. The van der Waals surface area contributed by atoms with Crippen LogP contribution in [-0.2, 0) is 19.1 Å². The number of hydrogen-bond acceptors (Lipinski definition) is 7. The van der Waals surface area contributed by atoms with Gasteiger partial charge in [-0.3, -0.25) is 19.2 Å². The van der Waals surface area contributed by atoms with Crippen LogP contribution in [0.3, 0.4) is 0 Å². The summed E-state index contributed by atoms with van der Waals surface area (Å²) in [6, 6.07) is 13.8. The van der Waals surface area contributed by atoms with Crippen molar-refractivity contribution in [3.63, 3.8) is 0 Å². The van der Waals surface area contributed by atoms with E-state index in [4.69, 9.17) is 14.6 Å². The van der Waals surface area contributed by atoms with Gasteiger partial charge in [-0.1, -0.05) is 62.4 Å². The maximum atomic E-state index is 12.3. The second-order valence-corrected chi connectivity index (χ2v) is 7.53. The van der Waals surface area contributed by atoms with Crippen LogP contribution in [0.15, 0.2) is 48.5 Å². The minimum atomic E-state index is -1.20. The Morgan fingerprint density at radius 1 is 1.00 bits per heavy atom. The van der Waals surface area contributed by atoms with Crippen molar-refractivity contribution >= 4 is 23.9 Å². The molecule has 32 heavy (non-hydrogen) atoms. The molecule has 1 unspecified atom stereocenters. The van der Waals surface area contributed by atoms with E-state index in [2.05, 4.69) is 5.32 Å². The Bertz CT molecular complexity index is 920. The van der Waals surface area contributed by atoms with E-state index < -0.39 is 43.6 Å². The highest BCUT2D eigenvalue weighted by Gasteiger charge is 2.24. The standard InChI is InChI=1S/C24H27NO7/c1-16(2)12-25-24(30)22(32-15-27)11-23(29)31-14-21(28)20-9-7-19(8-10-20)18-5-3-17(13-26)4-6-18/h3-10,13,16,22,27H,11-12,14-15H2,1-2H3,(H,25,30). The lowest BCUT2D eigenvalue weighted by Crippen LogP contribution is -2.40. The smallest absolute Gasteiger partial charge is 0.309 e. The van der Waals surface area contributed by atoms with Gasteiger partial charge in [-0.05, 0) is 17.0 Å². The van der Waals surface area contributed by atoms with Crippen molar-refractivity contribution in [2.75, 3.05) is 19.9 Å². The maximum Gasteiger partial charge on any atom is 0.309 e. The van der Waals surface area contributed by atoms with Crippen LogP contribution in [0.4, 0.5) is 0 Å². The number of Topliss-reactive ketones (excluding diaryl/α,β-unsaturated/α-hetero) is 1. The summed E-state index contributed by atoms with van der Waals surface area (Å²) in [7, 11) is 0. The molecule has 0 aliphatic heterocycles. The van der Waals surface area contributed by atoms with Crippen molar-refractivity contribution < 1.29 is 33.8 Å². The highest BCUT2D eigenvalue weighted by atomic mass is 16.6. The summed E-state index contributed by atoms with van der Waals surface area (Å²) in [6.45, 7) is 3.02. The Morgan fingerprint density at radius 2 is 1.59 bits per heavy atom. The molecule has 1 amide bonds. The fraction of sp³-hybridized carbons (Fsp3) is 0.333. The number of carbonyl (C=O) groups excluding carboxylic acids is 4. The first-order chi connectivity index (χ1) is 15.3. The fourth-order valence-electron chi connectivity index (χ4n) is 2.78. The molecule has 2 rings (SSSR count). The van der Waals surface area contributed by atoms with Gasteiger partial charge >= 0.3 is 5.97 Å². The molecule has 0 aliphatic carbocycles. The van der Waals surface area contributed by atoms with Crippen LogP contribution in [0.1, 0.15) is 41.0 Å². The van der Waals surface area contributed by atoms with E-state index in [1.807, 2.05) is 26.0 Å². The number of rotatable bonds is 12. The highest BCUT2D eigenvalue weighted by Crippen LogP contribution is 2.20. The summed E-state index contributed by atoms with van der Waals surface area (Å²) in [5.74, 6) is -1.51. The van der Waals surface area contributed by atoms with E-state index >= 15 is 0 Å². The molecule has 0 radical (unpaired) electrons. The number of aldehydes is 1. The second-order valence-electron chi connectivity index (χ2n) is 7.53. The zero-order chi connectivity index (χ0) is 23.5. The summed E-state index contributed by atoms with van der Waals surface area (Å²) >= 11 is 0. The van der Waals surface area contributed by atoms with Crippen molar-refractivity contribution in [1.29, 1.82) is 0 Å². The van der Waals surface area contributed by atoms with Gasteiger partial charge in [0, 0.05) is 17.7 Å². The first kappa shape index (κ1) is 24.9. The Morgan fingerprint density at radius 3 is 2.12 bits per heavy atom. The van der Waals surface area contributed by atoms with Crippen LogP contribution in [0.25, 0.3) is 11.1 Å². The number of nitrogens with one attached hydrogen (secondary N) is 1. The van der Waals surface area contributed by atoms with Crippen LogP contribution in [-0.4, -0.2) is 55.1 Å². The zero-order valence-electron chi connectivity index (χ0n) is 18.1. The molecule has 1 atom stereocenters. The van der Waals surface area contributed by atoms with Gasteiger partial charge in [0.15, 0.2) is 12.4 Å². The lowest BCUT2D eigenvalue weighted by atomic mass is 10.0. The molecular weight excluding hydrogens is 414 g/mol.